The minimum atomic E-state index is -4.84. The van der Waals surface area contributed by atoms with Crippen molar-refractivity contribution in [1.29, 1.82) is 0 Å². The predicted octanol–water partition coefficient (Wildman–Crippen LogP) is 2.85. The largest absolute Gasteiger partial charge is 0.492 e. The van der Waals surface area contributed by atoms with E-state index in [4.69, 9.17) is 4.74 Å². The number of nitrogens with zero attached hydrogens (tertiary/aromatic N) is 1. The van der Waals surface area contributed by atoms with Crippen LogP contribution in [0.1, 0.15) is 0 Å². The summed E-state index contributed by atoms with van der Waals surface area (Å²) in [6.45, 7) is -0.131. The quantitative estimate of drug-likeness (QED) is 0.852. The van der Waals surface area contributed by atoms with Crippen molar-refractivity contribution < 1.29 is 22.7 Å². The third kappa shape index (κ3) is 4.56. The average Bonchev–Trinajstić information content (AvgIpc) is 2.29. The molecule has 0 atom stereocenters. The first-order valence-electron chi connectivity index (χ1n) is 5.01. The topological polar surface area (TPSA) is 29.5 Å². The lowest BCUT2D eigenvalue weighted by Crippen LogP contribution is -2.40. The maximum absolute atomic E-state index is 12.1. The van der Waals surface area contributed by atoms with Gasteiger partial charge in [0.05, 0.1) is 6.54 Å². The zero-order chi connectivity index (χ0) is 13.8. The van der Waals surface area contributed by atoms with Crippen LogP contribution in [0.5, 0.6) is 5.75 Å². The highest BCUT2D eigenvalue weighted by atomic mass is 79.9. The molecule has 0 bridgehead atoms. The summed E-state index contributed by atoms with van der Waals surface area (Å²) in [6.07, 6.45) is -4.84. The van der Waals surface area contributed by atoms with Crippen LogP contribution in [-0.4, -0.2) is 37.2 Å². The molecule has 0 fully saturated rings. The Morgan fingerprint density at radius 1 is 1.33 bits per heavy atom. The van der Waals surface area contributed by atoms with Gasteiger partial charge in [-0.25, -0.2) is 0 Å². The molecule has 0 N–H and O–H groups in total. The van der Waals surface area contributed by atoms with E-state index >= 15 is 0 Å². The van der Waals surface area contributed by atoms with Crippen LogP contribution in [-0.2, 0) is 4.79 Å². The number of halogens is 4. The normalized spacial score (nSPS) is 11.2. The van der Waals surface area contributed by atoms with Gasteiger partial charge in [0.25, 0.3) is 0 Å². The van der Waals surface area contributed by atoms with Gasteiger partial charge in [-0.15, -0.1) is 0 Å². The molecule has 0 heterocycles. The molecule has 0 radical (unpaired) electrons. The smallest absolute Gasteiger partial charge is 0.471 e. The molecule has 18 heavy (non-hydrogen) atoms. The summed E-state index contributed by atoms with van der Waals surface area (Å²) in [5.74, 6) is -1.34. The van der Waals surface area contributed by atoms with Crippen molar-refractivity contribution in [3.8, 4) is 5.75 Å². The second kappa shape index (κ2) is 6.08. The van der Waals surface area contributed by atoms with Gasteiger partial charge in [-0.3, -0.25) is 4.79 Å². The minimum absolute atomic E-state index is 0.0000472. The highest BCUT2D eigenvalue weighted by Gasteiger charge is 2.40. The molecular formula is C11H11BrF3NO2. The van der Waals surface area contributed by atoms with E-state index in [-0.39, 0.29) is 13.2 Å². The van der Waals surface area contributed by atoms with Crippen LogP contribution in [0.2, 0.25) is 0 Å². The first kappa shape index (κ1) is 14.8. The number of carbonyl (C=O) groups is 1. The van der Waals surface area contributed by atoms with E-state index in [1.807, 2.05) is 0 Å². The number of hydrogen-bond donors (Lipinski definition) is 0. The average molecular weight is 326 g/mol. The summed E-state index contributed by atoms with van der Waals surface area (Å²) in [5.41, 5.74) is 0. The fraction of sp³-hybridized carbons (Fsp3) is 0.364. The van der Waals surface area contributed by atoms with Gasteiger partial charge in [-0.1, -0.05) is 15.9 Å². The highest BCUT2D eigenvalue weighted by Crippen LogP contribution is 2.18. The van der Waals surface area contributed by atoms with E-state index in [1.165, 1.54) is 0 Å². The van der Waals surface area contributed by atoms with Crippen LogP contribution < -0.4 is 4.74 Å². The molecule has 100 valence electrons. The predicted molar refractivity (Wildman–Crippen MR) is 63.3 cm³/mol. The third-order valence-corrected chi connectivity index (χ3v) is 2.63. The van der Waals surface area contributed by atoms with Crippen molar-refractivity contribution in [3.05, 3.63) is 28.7 Å². The number of likely N-dealkylation sites (N-methyl/N-ethyl adjacent to an activating group) is 1. The molecule has 1 amide bonds. The molecule has 0 unspecified atom stereocenters. The van der Waals surface area contributed by atoms with Crippen LogP contribution >= 0.6 is 15.9 Å². The number of ether oxygens (including phenoxy) is 1. The van der Waals surface area contributed by atoms with Crippen molar-refractivity contribution >= 4 is 21.8 Å². The molecule has 3 nitrogen and oxygen atoms in total. The Kier molecular flexibility index (Phi) is 5.01. The third-order valence-electron chi connectivity index (χ3n) is 2.10. The summed E-state index contributed by atoms with van der Waals surface area (Å²) >= 11 is 3.24. The molecule has 0 aliphatic carbocycles. The van der Waals surface area contributed by atoms with E-state index < -0.39 is 12.1 Å². The van der Waals surface area contributed by atoms with E-state index in [2.05, 4.69) is 15.9 Å². The van der Waals surface area contributed by atoms with Crippen molar-refractivity contribution in [3.63, 3.8) is 0 Å². The Balaban J connectivity index is 2.38. The summed E-state index contributed by atoms with van der Waals surface area (Å²) < 4.78 is 42.3. The Bertz CT molecular complexity index is 406. The molecule has 7 heteroatoms. The number of benzene rings is 1. The maximum Gasteiger partial charge on any atom is 0.471 e. The van der Waals surface area contributed by atoms with Crippen molar-refractivity contribution in [2.45, 2.75) is 6.18 Å². The van der Waals surface area contributed by atoms with Crippen molar-refractivity contribution in [2.24, 2.45) is 0 Å². The number of carbonyl (C=O) groups excluding carboxylic acids is 1. The van der Waals surface area contributed by atoms with Crippen molar-refractivity contribution in [2.75, 3.05) is 20.2 Å². The number of hydrogen-bond acceptors (Lipinski definition) is 2. The second-order valence-electron chi connectivity index (χ2n) is 3.53. The Morgan fingerprint density at radius 2 is 1.89 bits per heavy atom. The lowest BCUT2D eigenvalue weighted by Gasteiger charge is -2.18. The Labute approximate surface area is 111 Å². The van der Waals surface area contributed by atoms with Crippen LogP contribution in [0.3, 0.4) is 0 Å². The molecule has 0 saturated carbocycles. The van der Waals surface area contributed by atoms with E-state index in [1.54, 1.807) is 24.3 Å². The molecule has 0 aliphatic heterocycles. The molecule has 1 rings (SSSR count). The fourth-order valence-corrected chi connectivity index (χ4v) is 1.41. The summed E-state index contributed by atoms with van der Waals surface area (Å²) in [5, 5.41) is 0. The van der Waals surface area contributed by atoms with E-state index in [0.717, 1.165) is 11.5 Å². The SMILES string of the molecule is CN(CCOc1ccc(Br)cc1)C(=O)C(F)(F)F. The summed E-state index contributed by atoms with van der Waals surface area (Å²) in [4.78, 5) is 11.4. The lowest BCUT2D eigenvalue weighted by molar-refractivity contribution is -0.184. The Morgan fingerprint density at radius 3 is 2.39 bits per heavy atom. The monoisotopic (exact) mass is 325 g/mol. The molecular weight excluding hydrogens is 315 g/mol. The second-order valence-corrected chi connectivity index (χ2v) is 4.44. The highest BCUT2D eigenvalue weighted by molar-refractivity contribution is 9.10. The molecule has 0 aromatic heterocycles. The minimum Gasteiger partial charge on any atom is -0.492 e. The molecule has 1 aromatic rings. The standard InChI is InChI=1S/C11H11BrF3NO2/c1-16(10(17)11(13,14)15)6-7-18-9-4-2-8(12)3-5-9/h2-5H,6-7H2,1H3. The molecule has 0 aliphatic rings. The summed E-state index contributed by atoms with van der Waals surface area (Å²) in [6, 6.07) is 6.85. The van der Waals surface area contributed by atoms with Gasteiger partial charge in [0, 0.05) is 11.5 Å². The van der Waals surface area contributed by atoms with Gasteiger partial charge >= 0.3 is 12.1 Å². The molecule has 0 saturated heterocycles. The lowest BCUT2D eigenvalue weighted by atomic mass is 10.3. The van der Waals surface area contributed by atoms with Gasteiger partial charge in [0.2, 0.25) is 0 Å². The first-order chi connectivity index (χ1) is 8.30. The van der Waals surface area contributed by atoms with Gasteiger partial charge in [-0.2, -0.15) is 13.2 Å². The number of rotatable bonds is 4. The van der Waals surface area contributed by atoms with E-state index in [0.29, 0.717) is 10.6 Å². The number of alkyl halides is 3. The molecule has 0 spiro atoms. The van der Waals surface area contributed by atoms with Crippen LogP contribution in [0.25, 0.3) is 0 Å². The maximum atomic E-state index is 12.1. The molecule has 1 aromatic carbocycles. The Hall–Kier alpha value is -1.24. The number of amides is 1. The zero-order valence-corrected chi connectivity index (χ0v) is 11.1. The summed E-state index contributed by atoms with van der Waals surface area (Å²) in [7, 11) is 1.08. The van der Waals surface area contributed by atoms with Gasteiger partial charge < -0.3 is 9.64 Å². The zero-order valence-electron chi connectivity index (χ0n) is 9.50. The van der Waals surface area contributed by atoms with Crippen LogP contribution in [0, 0.1) is 0 Å². The van der Waals surface area contributed by atoms with Gasteiger partial charge in [0.1, 0.15) is 12.4 Å². The van der Waals surface area contributed by atoms with Crippen molar-refractivity contribution in [1.82, 2.24) is 4.90 Å². The van der Waals surface area contributed by atoms with Gasteiger partial charge in [-0.05, 0) is 24.3 Å². The van der Waals surface area contributed by atoms with Gasteiger partial charge in [0.15, 0.2) is 0 Å². The van der Waals surface area contributed by atoms with Crippen LogP contribution in [0.15, 0.2) is 28.7 Å². The van der Waals surface area contributed by atoms with E-state index in [9.17, 15) is 18.0 Å². The fourth-order valence-electron chi connectivity index (χ4n) is 1.15. The first-order valence-corrected chi connectivity index (χ1v) is 5.80. The van der Waals surface area contributed by atoms with Crippen LogP contribution in [0.4, 0.5) is 13.2 Å².